The highest BCUT2D eigenvalue weighted by atomic mass is 35.5. The van der Waals surface area contributed by atoms with E-state index < -0.39 is 0 Å². The minimum atomic E-state index is -0.200. The Hall–Kier alpha value is -2.13. The highest BCUT2D eigenvalue weighted by molar-refractivity contribution is 6.31. The summed E-state index contributed by atoms with van der Waals surface area (Å²) in [6.07, 6.45) is 3.20. The number of hydrogen-bond donors (Lipinski definition) is 0. The molecule has 2 aromatic rings. The third-order valence-electron chi connectivity index (χ3n) is 2.57. The summed E-state index contributed by atoms with van der Waals surface area (Å²) in [5.74, 6) is -0.200. The van der Waals surface area contributed by atoms with Crippen molar-refractivity contribution in [3.8, 4) is 0 Å². The van der Waals surface area contributed by atoms with Gasteiger partial charge in [0.15, 0.2) is 0 Å². The van der Waals surface area contributed by atoms with Gasteiger partial charge >= 0.3 is 0 Å². The number of anilines is 1. The summed E-state index contributed by atoms with van der Waals surface area (Å²) in [5, 5.41) is 0.491. The van der Waals surface area contributed by atoms with Crippen LogP contribution in [0.2, 0.25) is 5.02 Å². The highest BCUT2D eigenvalue weighted by Gasteiger charge is 2.17. The van der Waals surface area contributed by atoms with Gasteiger partial charge in [0.25, 0.3) is 5.91 Å². The van der Waals surface area contributed by atoms with Gasteiger partial charge in [-0.25, -0.2) is 0 Å². The first-order valence-corrected chi connectivity index (χ1v) is 6.19. The van der Waals surface area contributed by atoms with E-state index >= 15 is 0 Å². The predicted octanol–water partition coefficient (Wildman–Crippen LogP) is 3.57. The van der Waals surface area contributed by atoms with Gasteiger partial charge in [0, 0.05) is 23.5 Å². The lowest BCUT2D eigenvalue weighted by atomic mass is 10.2. The fourth-order valence-electron chi connectivity index (χ4n) is 1.70. The first-order chi connectivity index (χ1) is 9.22. The first-order valence-electron chi connectivity index (χ1n) is 5.81. The SMILES string of the molecule is C=CCN(C(=O)c1cc(Cl)ccn1)c1ccccc1. The number of aromatic nitrogens is 1. The number of halogens is 1. The molecule has 3 nitrogen and oxygen atoms in total. The molecule has 4 heteroatoms. The third-order valence-corrected chi connectivity index (χ3v) is 2.80. The number of benzene rings is 1. The molecule has 0 aliphatic carbocycles. The lowest BCUT2D eigenvalue weighted by Crippen LogP contribution is -2.31. The maximum absolute atomic E-state index is 12.4. The predicted molar refractivity (Wildman–Crippen MR) is 77.6 cm³/mol. The number of para-hydroxylation sites is 1. The average molecular weight is 273 g/mol. The largest absolute Gasteiger partial charge is 0.303 e. The molecular formula is C15H13ClN2O. The Morgan fingerprint density at radius 3 is 2.68 bits per heavy atom. The van der Waals surface area contributed by atoms with Gasteiger partial charge in [-0.1, -0.05) is 35.9 Å². The van der Waals surface area contributed by atoms with Crippen LogP contribution in [0.4, 0.5) is 5.69 Å². The maximum atomic E-state index is 12.4. The summed E-state index contributed by atoms with van der Waals surface area (Å²) in [4.78, 5) is 18.1. The summed E-state index contributed by atoms with van der Waals surface area (Å²) in [5.41, 5.74) is 1.12. The molecule has 0 aliphatic rings. The molecular weight excluding hydrogens is 260 g/mol. The van der Waals surface area contributed by atoms with Gasteiger partial charge in [-0.3, -0.25) is 9.78 Å². The molecule has 1 heterocycles. The van der Waals surface area contributed by atoms with E-state index in [1.807, 2.05) is 30.3 Å². The molecule has 0 fully saturated rings. The first kappa shape index (κ1) is 13.3. The molecule has 0 saturated heterocycles. The van der Waals surface area contributed by atoms with Crippen LogP contribution in [-0.2, 0) is 0 Å². The van der Waals surface area contributed by atoms with Crippen molar-refractivity contribution in [1.82, 2.24) is 4.98 Å². The Bertz CT molecular complexity index is 584. The van der Waals surface area contributed by atoms with Gasteiger partial charge in [-0.2, -0.15) is 0 Å². The Morgan fingerprint density at radius 1 is 1.32 bits per heavy atom. The van der Waals surface area contributed by atoms with E-state index in [2.05, 4.69) is 11.6 Å². The summed E-state index contributed by atoms with van der Waals surface area (Å²) < 4.78 is 0. The fourth-order valence-corrected chi connectivity index (χ4v) is 1.86. The van der Waals surface area contributed by atoms with Crippen molar-refractivity contribution in [3.05, 3.63) is 72.0 Å². The lowest BCUT2D eigenvalue weighted by Gasteiger charge is -2.20. The molecule has 0 bridgehead atoms. The van der Waals surface area contributed by atoms with E-state index in [1.54, 1.807) is 23.1 Å². The van der Waals surface area contributed by atoms with Gasteiger partial charge in [0.1, 0.15) is 5.69 Å². The molecule has 0 N–H and O–H groups in total. The van der Waals surface area contributed by atoms with Crippen LogP contribution in [0.15, 0.2) is 61.3 Å². The average Bonchev–Trinajstić information content (AvgIpc) is 2.45. The van der Waals surface area contributed by atoms with E-state index in [1.165, 1.54) is 6.20 Å². The molecule has 0 atom stereocenters. The quantitative estimate of drug-likeness (QED) is 0.797. The molecule has 0 radical (unpaired) electrons. The van der Waals surface area contributed by atoms with Crippen LogP contribution in [-0.4, -0.2) is 17.4 Å². The van der Waals surface area contributed by atoms with Crippen LogP contribution >= 0.6 is 11.6 Å². The van der Waals surface area contributed by atoms with Gasteiger partial charge in [-0.05, 0) is 24.3 Å². The Kier molecular flexibility index (Phi) is 4.31. The Balaban J connectivity index is 2.34. The fraction of sp³-hybridized carbons (Fsp3) is 0.0667. The van der Waals surface area contributed by atoms with E-state index in [9.17, 15) is 4.79 Å². The summed E-state index contributed by atoms with van der Waals surface area (Å²) in [6.45, 7) is 4.09. The number of pyridine rings is 1. The normalized spacial score (nSPS) is 9.95. The second-order valence-corrected chi connectivity index (χ2v) is 4.34. The van der Waals surface area contributed by atoms with Gasteiger partial charge < -0.3 is 4.90 Å². The van der Waals surface area contributed by atoms with Crippen LogP contribution in [0.3, 0.4) is 0 Å². The summed E-state index contributed by atoms with van der Waals surface area (Å²) in [6, 6.07) is 12.6. The molecule has 0 saturated carbocycles. The third kappa shape index (κ3) is 3.20. The molecule has 1 aromatic carbocycles. The minimum absolute atomic E-state index is 0.200. The standard InChI is InChI=1S/C15H13ClN2O/c1-2-10-18(13-6-4-3-5-7-13)15(19)14-11-12(16)8-9-17-14/h2-9,11H,1,10H2. The number of amides is 1. The Morgan fingerprint density at radius 2 is 2.05 bits per heavy atom. The molecule has 0 spiro atoms. The van der Waals surface area contributed by atoms with Gasteiger partial charge in [0.05, 0.1) is 0 Å². The van der Waals surface area contributed by atoms with Crippen LogP contribution < -0.4 is 4.90 Å². The highest BCUT2D eigenvalue weighted by Crippen LogP contribution is 2.17. The van der Waals surface area contributed by atoms with E-state index in [0.29, 0.717) is 17.3 Å². The molecule has 1 aromatic heterocycles. The second-order valence-electron chi connectivity index (χ2n) is 3.90. The van der Waals surface area contributed by atoms with Crippen molar-refractivity contribution in [2.75, 3.05) is 11.4 Å². The van der Waals surface area contributed by atoms with E-state index in [-0.39, 0.29) is 5.91 Å². The van der Waals surface area contributed by atoms with E-state index in [4.69, 9.17) is 11.6 Å². The maximum Gasteiger partial charge on any atom is 0.277 e. The van der Waals surface area contributed by atoms with Crippen molar-refractivity contribution in [2.45, 2.75) is 0 Å². The van der Waals surface area contributed by atoms with Crippen molar-refractivity contribution in [1.29, 1.82) is 0 Å². The number of rotatable bonds is 4. The monoisotopic (exact) mass is 272 g/mol. The van der Waals surface area contributed by atoms with Gasteiger partial charge in [0.2, 0.25) is 0 Å². The zero-order valence-corrected chi connectivity index (χ0v) is 11.0. The van der Waals surface area contributed by atoms with Crippen LogP contribution in [0.1, 0.15) is 10.5 Å². The number of nitrogens with zero attached hydrogens (tertiary/aromatic N) is 2. The van der Waals surface area contributed by atoms with Gasteiger partial charge in [-0.15, -0.1) is 6.58 Å². The topological polar surface area (TPSA) is 33.2 Å². The smallest absolute Gasteiger partial charge is 0.277 e. The lowest BCUT2D eigenvalue weighted by molar-refractivity contribution is 0.0985. The zero-order chi connectivity index (χ0) is 13.7. The molecule has 0 unspecified atom stereocenters. The molecule has 1 amide bonds. The number of carbonyl (C=O) groups is 1. The van der Waals surface area contributed by atoms with Crippen molar-refractivity contribution < 1.29 is 4.79 Å². The summed E-state index contributed by atoms with van der Waals surface area (Å²) in [7, 11) is 0. The molecule has 2 rings (SSSR count). The minimum Gasteiger partial charge on any atom is -0.303 e. The van der Waals surface area contributed by atoms with Crippen molar-refractivity contribution in [3.63, 3.8) is 0 Å². The summed E-state index contributed by atoms with van der Waals surface area (Å²) >= 11 is 5.89. The van der Waals surface area contributed by atoms with E-state index in [0.717, 1.165) is 5.69 Å². The zero-order valence-electron chi connectivity index (χ0n) is 10.3. The number of carbonyl (C=O) groups excluding carboxylic acids is 1. The Labute approximate surface area is 117 Å². The molecule has 96 valence electrons. The molecule has 0 aliphatic heterocycles. The van der Waals surface area contributed by atoms with Crippen LogP contribution in [0.5, 0.6) is 0 Å². The number of hydrogen-bond acceptors (Lipinski definition) is 2. The van der Waals surface area contributed by atoms with Crippen molar-refractivity contribution in [2.24, 2.45) is 0 Å². The van der Waals surface area contributed by atoms with Crippen molar-refractivity contribution >= 4 is 23.2 Å². The van der Waals surface area contributed by atoms with Crippen LogP contribution in [0.25, 0.3) is 0 Å². The molecule has 19 heavy (non-hydrogen) atoms. The second kappa shape index (κ2) is 6.16. The van der Waals surface area contributed by atoms with Crippen LogP contribution in [0, 0.1) is 0 Å².